The fourth-order valence-corrected chi connectivity index (χ4v) is 1.79. The Labute approximate surface area is 123 Å². The molecule has 0 spiro atoms. The smallest absolute Gasteiger partial charge is 0.123 e. The molecule has 0 aliphatic carbocycles. The van der Waals surface area contributed by atoms with E-state index in [9.17, 15) is 4.39 Å². The van der Waals surface area contributed by atoms with Gasteiger partial charge in [-0.25, -0.2) is 4.39 Å². The van der Waals surface area contributed by atoms with Crippen LogP contribution in [0, 0.1) is 11.7 Å². The summed E-state index contributed by atoms with van der Waals surface area (Å²) in [6, 6.07) is 7.94. The van der Waals surface area contributed by atoms with Crippen LogP contribution in [-0.4, -0.2) is 24.5 Å². The number of piperidine rings is 1. The summed E-state index contributed by atoms with van der Waals surface area (Å²) in [7, 11) is 0. The number of nitrogens with zero attached hydrogens (tertiary/aromatic N) is 1. The van der Waals surface area contributed by atoms with Gasteiger partial charge < -0.3 is 4.90 Å². The molecule has 4 heteroatoms. The lowest BCUT2D eigenvalue weighted by Gasteiger charge is -2.28. The van der Waals surface area contributed by atoms with E-state index in [1.54, 1.807) is 18.2 Å². The number of hydrogen-bond donors (Lipinski definition) is 0. The highest BCUT2D eigenvalue weighted by Crippen LogP contribution is 2.14. The molecule has 0 radical (unpaired) electrons. The minimum absolute atomic E-state index is 0. The van der Waals surface area contributed by atoms with Crippen LogP contribution in [0.5, 0.6) is 0 Å². The third-order valence-corrected chi connectivity index (χ3v) is 3.06. The molecule has 1 aromatic rings. The molecule has 0 amide bonds. The zero-order valence-electron chi connectivity index (χ0n) is 11.1. The first kappa shape index (κ1) is 20.0. The number of hydrogen-bond acceptors (Lipinski definition) is 1. The third-order valence-electron chi connectivity index (χ3n) is 3.06. The minimum atomic E-state index is -0.178. The molecule has 2 rings (SSSR count). The van der Waals surface area contributed by atoms with E-state index < -0.39 is 0 Å². The highest BCUT2D eigenvalue weighted by atomic mass is 35.5. The molecule has 1 aromatic carbocycles. The van der Waals surface area contributed by atoms with Crippen molar-refractivity contribution in [3.8, 4) is 0 Å². The van der Waals surface area contributed by atoms with E-state index in [2.05, 4.69) is 18.7 Å². The zero-order valence-corrected chi connectivity index (χ0v) is 12.8. The summed E-state index contributed by atoms with van der Waals surface area (Å²) in [6.45, 7) is 8.51. The first-order chi connectivity index (χ1) is 7.72. The van der Waals surface area contributed by atoms with Crippen LogP contribution in [0.15, 0.2) is 30.3 Å². The maximum absolute atomic E-state index is 11.9. The van der Waals surface area contributed by atoms with Gasteiger partial charge in [-0.05, 0) is 50.5 Å². The van der Waals surface area contributed by atoms with Crippen molar-refractivity contribution < 1.29 is 4.39 Å². The topological polar surface area (TPSA) is 3.24 Å². The lowest BCUT2D eigenvalue weighted by molar-refractivity contribution is 0.201. The maximum atomic E-state index is 11.9. The van der Waals surface area contributed by atoms with Crippen LogP contribution in [0.4, 0.5) is 4.39 Å². The van der Waals surface area contributed by atoms with Gasteiger partial charge in [0.25, 0.3) is 0 Å². The average molecular weight is 296 g/mol. The number of benzene rings is 1. The Balaban J connectivity index is 0. The molecule has 18 heavy (non-hydrogen) atoms. The Morgan fingerprint density at radius 1 is 1.11 bits per heavy atom. The normalized spacial score (nSPS) is 15.7. The van der Waals surface area contributed by atoms with Crippen molar-refractivity contribution in [2.24, 2.45) is 5.92 Å². The molecule has 1 nitrogen and oxygen atoms in total. The largest absolute Gasteiger partial charge is 0.304 e. The van der Waals surface area contributed by atoms with E-state index in [1.807, 2.05) is 0 Å². The quantitative estimate of drug-likeness (QED) is 0.742. The summed E-state index contributed by atoms with van der Waals surface area (Å²) in [5, 5.41) is 0. The van der Waals surface area contributed by atoms with Gasteiger partial charge in [-0.3, -0.25) is 0 Å². The molecule has 1 aliphatic heterocycles. The van der Waals surface area contributed by atoms with Crippen molar-refractivity contribution in [2.75, 3.05) is 19.6 Å². The molecule has 1 aliphatic rings. The van der Waals surface area contributed by atoms with Crippen molar-refractivity contribution in [3.05, 3.63) is 36.1 Å². The average Bonchev–Trinajstić information content (AvgIpc) is 2.32. The SMILES string of the molecule is CCN1CCC(C)CC1.Cl.Cl.Fc1ccccc1. The molecular weight excluding hydrogens is 272 g/mol. The third kappa shape index (κ3) is 8.73. The van der Waals surface area contributed by atoms with Crippen LogP contribution in [-0.2, 0) is 0 Å². The molecule has 1 heterocycles. The van der Waals surface area contributed by atoms with E-state index in [1.165, 1.54) is 44.6 Å². The van der Waals surface area contributed by atoms with Gasteiger partial charge in [0, 0.05) is 0 Å². The van der Waals surface area contributed by atoms with Gasteiger partial charge >= 0.3 is 0 Å². The Kier molecular flexibility index (Phi) is 13.1. The first-order valence-electron chi connectivity index (χ1n) is 6.15. The van der Waals surface area contributed by atoms with Crippen LogP contribution >= 0.6 is 24.8 Å². The van der Waals surface area contributed by atoms with Gasteiger partial charge in [0.15, 0.2) is 0 Å². The lowest BCUT2D eigenvalue weighted by atomic mass is 9.99. The van der Waals surface area contributed by atoms with Crippen LogP contribution in [0.3, 0.4) is 0 Å². The van der Waals surface area contributed by atoms with E-state index in [0.717, 1.165) is 5.92 Å². The van der Waals surface area contributed by atoms with Crippen molar-refractivity contribution in [1.82, 2.24) is 4.90 Å². The summed E-state index contributed by atoms with van der Waals surface area (Å²) in [6.07, 6.45) is 2.82. The van der Waals surface area contributed by atoms with Crippen molar-refractivity contribution in [1.29, 1.82) is 0 Å². The molecule has 1 fully saturated rings. The molecule has 106 valence electrons. The van der Waals surface area contributed by atoms with E-state index in [4.69, 9.17) is 0 Å². The first-order valence-corrected chi connectivity index (χ1v) is 6.15. The molecule has 0 unspecified atom stereocenters. The Morgan fingerprint density at radius 2 is 1.61 bits per heavy atom. The van der Waals surface area contributed by atoms with Gasteiger partial charge in [0.05, 0.1) is 0 Å². The van der Waals surface area contributed by atoms with Crippen molar-refractivity contribution >= 4 is 24.8 Å². The lowest BCUT2D eigenvalue weighted by Crippen LogP contribution is -2.32. The molecule has 0 atom stereocenters. The minimum Gasteiger partial charge on any atom is -0.304 e. The highest BCUT2D eigenvalue weighted by molar-refractivity contribution is 5.85. The summed E-state index contributed by atoms with van der Waals surface area (Å²) in [4.78, 5) is 2.53. The summed E-state index contributed by atoms with van der Waals surface area (Å²) in [5.74, 6) is 0.801. The number of halogens is 3. The van der Waals surface area contributed by atoms with Gasteiger partial charge in [-0.15, -0.1) is 24.8 Å². The summed E-state index contributed by atoms with van der Waals surface area (Å²) in [5.41, 5.74) is 0. The van der Waals surface area contributed by atoms with Crippen molar-refractivity contribution in [2.45, 2.75) is 26.7 Å². The molecule has 1 saturated heterocycles. The van der Waals surface area contributed by atoms with Crippen LogP contribution in [0.2, 0.25) is 0 Å². The summed E-state index contributed by atoms with van der Waals surface area (Å²) < 4.78 is 11.9. The molecule has 0 aromatic heterocycles. The standard InChI is InChI=1S/C8H17N.C6H5F.2ClH/c1-3-9-6-4-8(2)5-7-9;7-6-4-2-1-3-5-6;;/h8H,3-7H2,1-2H3;1-5H;2*1H. The van der Waals surface area contributed by atoms with Gasteiger partial charge in [-0.1, -0.05) is 32.0 Å². The fourth-order valence-electron chi connectivity index (χ4n) is 1.79. The molecular formula is C14H24Cl2FN. The number of rotatable bonds is 1. The van der Waals surface area contributed by atoms with E-state index in [-0.39, 0.29) is 30.6 Å². The maximum Gasteiger partial charge on any atom is 0.123 e. The van der Waals surface area contributed by atoms with Crippen LogP contribution in [0.25, 0.3) is 0 Å². The Morgan fingerprint density at radius 3 is 1.94 bits per heavy atom. The van der Waals surface area contributed by atoms with Crippen molar-refractivity contribution in [3.63, 3.8) is 0 Å². The monoisotopic (exact) mass is 295 g/mol. The highest BCUT2D eigenvalue weighted by Gasteiger charge is 2.12. The van der Waals surface area contributed by atoms with E-state index >= 15 is 0 Å². The predicted molar refractivity (Wildman–Crippen MR) is 81.4 cm³/mol. The Bertz CT molecular complexity index is 274. The van der Waals surface area contributed by atoms with Gasteiger partial charge in [0.1, 0.15) is 5.82 Å². The molecule has 0 N–H and O–H groups in total. The second-order valence-electron chi connectivity index (χ2n) is 4.41. The second-order valence-corrected chi connectivity index (χ2v) is 4.41. The molecule has 0 bridgehead atoms. The van der Waals surface area contributed by atoms with E-state index in [0.29, 0.717) is 0 Å². The van der Waals surface area contributed by atoms with Crippen LogP contribution < -0.4 is 0 Å². The predicted octanol–water partition coefficient (Wildman–Crippen LogP) is 4.41. The summed E-state index contributed by atoms with van der Waals surface area (Å²) >= 11 is 0. The second kappa shape index (κ2) is 11.8. The van der Waals surface area contributed by atoms with Gasteiger partial charge in [0.2, 0.25) is 0 Å². The fraction of sp³-hybridized carbons (Fsp3) is 0.571. The van der Waals surface area contributed by atoms with Gasteiger partial charge in [-0.2, -0.15) is 0 Å². The molecule has 0 saturated carbocycles. The van der Waals surface area contributed by atoms with Crippen LogP contribution in [0.1, 0.15) is 26.7 Å². The number of likely N-dealkylation sites (tertiary alicyclic amines) is 1. The Hall–Kier alpha value is -0.310. The zero-order chi connectivity index (χ0) is 11.8.